The van der Waals surface area contributed by atoms with E-state index in [0.717, 1.165) is 0 Å². The normalized spacial score (nSPS) is 11.8. The Morgan fingerprint density at radius 2 is 1.76 bits per heavy atom. The van der Waals surface area contributed by atoms with Gasteiger partial charge >= 0.3 is 5.97 Å². The van der Waals surface area contributed by atoms with Crippen LogP contribution in [0.15, 0.2) is 30.3 Å². The molecule has 0 aliphatic rings. The summed E-state index contributed by atoms with van der Waals surface area (Å²) in [5, 5.41) is 8.52. The number of carboxylic acids is 1. The first-order valence-corrected chi connectivity index (χ1v) is 5.09. The van der Waals surface area contributed by atoms with Gasteiger partial charge in [0, 0.05) is 12.0 Å². The van der Waals surface area contributed by atoms with Crippen LogP contribution in [0.1, 0.15) is 23.2 Å². The number of rotatable bonds is 6. The Morgan fingerprint density at radius 1 is 1.18 bits per heavy atom. The maximum absolute atomic E-state index is 11.6. The predicted molar refractivity (Wildman–Crippen MR) is 60.6 cm³/mol. The topological polar surface area (TPSA) is 97.5 Å². The number of benzene rings is 1. The van der Waals surface area contributed by atoms with Crippen LogP contribution in [0.5, 0.6) is 0 Å². The van der Waals surface area contributed by atoms with Crippen LogP contribution in [-0.2, 0) is 9.59 Å². The van der Waals surface area contributed by atoms with Crippen molar-refractivity contribution in [3.8, 4) is 0 Å². The molecule has 1 aromatic carbocycles. The minimum atomic E-state index is -1.24. The molecule has 0 saturated heterocycles. The van der Waals surface area contributed by atoms with Crippen molar-refractivity contribution >= 4 is 17.5 Å². The van der Waals surface area contributed by atoms with Gasteiger partial charge in [-0.15, -0.1) is 0 Å². The summed E-state index contributed by atoms with van der Waals surface area (Å²) in [5.74, 6) is -2.03. The fourth-order valence-corrected chi connectivity index (χ4v) is 1.31. The molecule has 0 fully saturated rings. The van der Waals surface area contributed by atoms with Crippen molar-refractivity contribution in [2.24, 2.45) is 5.73 Å². The summed E-state index contributed by atoms with van der Waals surface area (Å²) in [4.78, 5) is 33.4. The van der Waals surface area contributed by atoms with Gasteiger partial charge in [0.05, 0.1) is 6.42 Å². The molecule has 0 saturated carbocycles. The van der Waals surface area contributed by atoms with Gasteiger partial charge in [-0.25, -0.2) is 0 Å². The number of Topliss-reactive ketones (excluding diaryl/α,β-unsaturated/α-hetero) is 2. The number of hydrogen-bond acceptors (Lipinski definition) is 4. The quantitative estimate of drug-likeness (QED) is 0.556. The van der Waals surface area contributed by atoms with Crippen molar-refractivity contribution in [1.82, 2.24) is 0 Å². The molecule has 0 amide bonds. The number of carbonyl (C=O) groups is 3. The lowest BCUT2D eigenvalue weighted by Crippen LogP contribution is -2.33. The minimum Gasteiger partial charge on any atom is -0.480 e. The summed E-state index contributed by atoms with van der Waals surface area (Å²) in [7, 11) is 0. The molecular formula is C12H13NO4. The highest BCUT2D eigenvalue weighted by atomic mass is 16.4. The second-order valence-electron chi connectivity index (χ2n) is 3.65. The molecule has 0 bridgehead atoms. The van der Waals surface area contributed by atoms with Crippen LogP contribution in [0, 0.1) is 0 Å². The van der Waals surface area contributed by atoms with Gasteiger partial charge in [0.15, 0.2) is 5.78 Å². The van der Waals surface area contributed by atoms with E-state index in [2.05, 4.69) is 0 Å². The maximum Gasteiger partial charge on any atom is 0.320 e. The van der Waals surface area contributed by atoms with E-state index in [1.165, 1.54) is 0 Å². The molecule has 0 aromatic heterocycles. The molecule has 17 heavy (non-hydrogen) atoms. The lowest BCUT2D eigenvalue weighted by Gasteiger charge is -2.04. The molecule has 0 radical (unpaired) electrons. The minimum absolute atomic E-state index is 0.314. The molecule has 0 aliphatic heterocycles. The first kappa shape index (κ1) is 13.1. The second kappa shape index (κ2) is 5.91. The lowest BCUT2D eigenvalue weighted by molar-refractivity contribution is -0.140. The number of carboxylic acid groups (broad SMARTS) is 1. The summed E-state index contributed by atoms with van der Waals surface area (Å²) in [5.41, 5.74) is 5.64. The summed E-state index contributed by atoms with van der Waals surface area (Å²) in [6.07, 6.45) is -0.640. The molecule has 0 aliphatic carbocycles. The van der Waals surface area contributed by atoms with Crippen molar-refractivity contribution in [3.63, 3.8) is 0 Å². The van der Waals surface area contributed by atoms with Crippen LogP contribution in [0.3, 0.4) is 0 Å². The van der Waals surface area contributed by atoms with Crippen molar-refractivity contribution < 1.29 is 19.5 Å². The average molecular weight is 235 g/mol. The Kier molecular flexibility index (Phi) is 4.54. The van der Waals surface area contributed by atoms with Crippen LogP contribution in [0.25, 0.3) is 0 Å². The summed E-state index contributed by atoms with van der Waals surface area (Å²) in [6, 6.07) is 7.12. The number of hydrogen-bond donors (Lipinski definition) is 2. The van der Waals surface area contributed by atoms with Gasteiger partial charge in [-0.2, -0.15) is 0 Å². The third-order valence-electron chi connectivity index (χ3n) is 2.22. The zero-order valence-corrected chi connectivity index (χ0v) is 9.13. The molecule has 3 N–H and O–H groups in total. The van der Waals surface area contributed by atoms with E-state index in [4.69, 9.17) is 10.8 Å². The lowest BCUT2D eigenvalue weighted by atomic mass is 10.0. The van der Waals surface area contributed by atoms with E-state index in [-0.39, 0.29) is 18.6 Å². The van der Waals surface area contributed by atoms with Gasteiger partial charge < -0.3 is 10.8 Å². The Bertz CT molecular complexity index is 427. The first-order valence-electron chi connectivity index (χ1n) is 5.09. The Hall–Kier alpha value is -2.01. The summed E-state index contributed by atoms with van der Waals surface area (Å²) < 4.78 is 0. The van der Waals surface area contributed by atoms with Crippen molar-refractivity contribution in [3.05, 3.63) is 35.9 Å². The average Bonchev–Trinajstić information content (AvgIpc) is 2.29. The Balaban J connectivity index is 2.53. The second-order valence-corrected chi connectivity index (χ2v) is 3.65. The van der Waals surface area contributed by atoms with Crippen molar-refractivity contribution in [1.29, 1.82) is 0 Å². The molecule has 1 atom stereocenters. The van der Waals surface area contributed by atoms with Crippen molar-refractivity contribution in [2.45, 2.75) is 18.9 Å². The molecule has 1 aromatic rings. The molecule has 90 valence electrons. The third-order valence-corrected chi connectivity index (χ3v) is 2.22. The summed E-state index contributed by atoms with van der Waals surface area (Å²) in [6.45, 7) is 0. The fraction of sp³-hybridized carbons (Fsp3) is 0.250. The van der Waals surface area contributed by atoms with E-state index < -0.39 is 17.8 Å². The molecule has 5 nitrogen and oxygen atoms in total. The van der Waals surface area contributed by atoms with Gasteiger partial charge in [-0.1, -0.05) is 30.3 Å². The van der Waals surface area contributed by atoms with Gasteiger partial charge in [-0.05, 0) is 0 Å². The van der Waals surface area contributed by atoms with E-state index in [0.29, 0.717) is 5.56 Å². The predicted octanol–water partition coefficient (Wildman–Crippen LogP) is 0.631. The van der Waals surface area contributed by atoms with E-state index in [9.17, 15) is 14.4 Å². The number of ketones is 2. The zero-order chi connectivity index (χ0) is 12.8. The van der Waals surface area contributed by atoms with E-state index in [1.54, 1.807) is 30.3 Å². The maximum atomic E-state index is 11.6. The van der Waals surface area contributed by atoms with Gasteiger partial charge in [-0.3, -0.25) is 14.4 Å². The molecular weight excluding hydrogens is 222 g/mol. The summed E-state index contributed by atoms with van der Waals surface area (Å²) >= 11 is 0. The van der Waals surface area contributed by atoms with Crippen LogP contribution in [0.2, 0.25) is 0 Å². The largest absolute Gasteiger partial charge is 0.480 e. The van der Waals surface area contributed by atoms with Gasteiger partial charge in [0.1, 0.15) is 11.8 Å². The van der Waals surface area contributed by atoms with E-state index in [1.807, 2.05) is 0 Å². The highest BCUT2D eigenvalue weighted by molar-refractivity contribution is 6.08. The molecule has 1 unspecified atom stereocenters. The molecule has 1 rings (SSSR count). The first-order chi connectivity index (χ1) is 8.00. The standard InChI is InChI=1S/C12H13NO4/c13-10(12(16)17)6-9(14)7-11(15)8-4-2-1-3-5-8/h1-5,10H,6-7,13H2,(H,16,17). The van der Waals surface area contributed by atoms with E-state index >= 15 is 0 Å². The van der Waals surface area contributed by atoms with Crippen LogP contribution >= 0.6 is 0 Å². The Labute approximate surface area is 98.2 Å². The Morgan fingerprint density at radius 3 is 2.29 bits per heavy atom. The van der Waals surface area contributed by atoms with Crippen molar-refractivity contribution in [2.75, 3.05) is 0 Å². The number of nitrogens with two attached hydrogens (primary N) is 1. The highest BCUT2D eigenvalue weighted by Gasteiger charge is 2.18. The third kappa shape index (κ3) is 4.16. The zero-order valence-electron chi connectivity index (χ0n) is 9.13. The van der Waals surface area contributed by atoms with Gasteiger partial charge in [0.25, 0.3) is 0 Å². The number of carbonyl (C=O) groups excluding carboxylic acids is 2. The highest BCUT2D eigenvalue weighted by Crippen LogP contribution is 2.05. The molecule has 0 spiro atoms. The van der Waals surface area contributed by atoms with Crippen LogP contribution in [0.4, 0.5) is 0 Å². The van der Waals surface area contributed by atoms with Crippen LogP contribution in [-0.4, -0.2) is 28.7 Å². The van der Waals surface area contributed by atoms with Gasteiger partial charge in [0.2, 0.25) is 0 Å². The van der Waals surface area contributed by atoms with Crippen LogP contribution < -0.4 is 5.73 Å². The molecule has 5 heteroatoms. The monoisotopic (exact) mass is 235 g/mol. The SMILES string of the molecule is NC(CC(=O)CC(=O)c1ccccc1)C(=O)O. The fourth-order valence-electron chi connectivity index (χ4n) is 1.31. The smallest absolute Gasteiger partial charge is 0.320 e. The molecule has 0 heterocycles. The number of aliphatic carboxylic acids is 1.